The van der Waals surface area contributed by atoms with Crippen LogP contribution in [0.5, 0.6) is 0 Å². The number of likely N-dealkylation sites (tertiary alicyclic amines) is 1. The van der Waals surface area contributed by atoms with Crippen molar-refractivity contribution in [1.82, 2.24) is 9.80 Å². The lowest BCUT2D eigenvalue weighted by Crippen LogP contribution is -2.39. The molecule has 1 N–H and O–H groups in total. The molecule has 0 radical (unpaired) electrons. The molecule has 0 aromatic carbocycles. The first kappa shape index (κ1) is 13.5. The van der Waals surface area contributed by atoms with Gasteiger partial charge in [-0.05, 0) is 32.7 Å². The normalized spacial score (nSPS) is 21.7. The molecule has 0 aromatic rings. The molecule has 0 aromatic heterocycles. The van der Waals surface area contributed by atoms with E-state index in [1.807, 2.05) is 4.90 Å². The zero-order valence-corrected chi connectivity index (χ0v) is 10.6. The van der Waals surface area contributed by atoms with Crippen molar-refractivity contribution in [2.24, 2.45) is 5.92 Å². The Balaban J connectivity index is 2.39. The average molecular weight is 228 g/mol. The van der Waals surface area contributed by atoms with Crippen LogP contribution in [0.3, 0.4) is 0 Å². The molecule has 4 nitrogen and oxygen atoms in total. The Bertz CT molecular complexity index is 231. The van der Waals surface area contributed by atoms with Crippen molar-refractivity contribution in [2.75, 3.05) is 32.8 Å². The van der Waals surface area contributed by atoms with Crippen molar-refractivity contribution < 1.29 is 9.90 Å². The second-order valence-electron chi connectivity index (χ2n) is 4.94. The van der Waals surface area contributed by atoms with Gasteiger partial charge in [0.1, 0.15) is 0 Å². The molecule has 1 heterocycles. The zero-order chi connectivity index (χ0) is 12.1. The highest BCUT2D eigenvalue weighted by Crippen LogP contribution is 2.18. The minimum atomic E-state index is 0.163. The zero-order valence-electron chi connectivity index (χ0n) is 10.6. The molecule has 1 amide bonds. The predicted octanol–water partition coefficient (Wildman–Crippen LogP) is 0.557. The number of aliphatic hydroxyl groups excluding tert-OH is 1. The third kappa shape index (κ3) is 3.76. The largest absolute Gasteiger partial charge is 0.395 e. The summed E-state index contributed by atoms with van der Waals surface area (Å²) >= 11 is 0. The summed E-state index contributed by atoms with van der Waals surface area (Å²) in [6.07, 6.45) is 1.14. The molecule has 1 aliphatic rings. The molecule has 0 bridgehead atoms. The smallest absolute Gasteiger partial charge is 0.219 e. The summed E-state index contributed by atoms with van der Waals surface area (Å²) in [6.45, 7) is 9.66. The highest BCUT2D eigenvalue weighted by Gasteiger charge is 2.25. The molecule has 0 saturated carbocycles. The SMILES string of the molecule is CC(=O)N(C[C@@H]1CCN(CCO)C1)C(C)C. The van der Waals surface area contributed by atoms with Gasteiger partial charge in [-0.25, -0.2) is 0 Å². The van der Waals surface area contributed by atoms with Crippen LogP contribution in [0.1, 0.15) is 27.2 Å². The highest BCUT2D eigenvalue weighted by molar-refractivity contribution is 5.73. The summed E-state index contributed by atoms with van der Waals surface area (Å²) in [5.41, 5.74) is 0. The fourth-order valence-corrected chi connectivity index (χ4v) is 2.39. The Morgan fingerprint density at radius 1 is 1.56 bits per heavy atom. The maximum Gasteiger partial charge on any atom is 0.219 e. The fourth-order valence-electron chi connectivity index (χ4n) is 2.39. The molecular formula is C12H24N2O2. The Morgan fingerprint density at radius 3 is 2.75 bits per heavy atom. The van der Waals surface area contributed by atoms with Crippen LogP contribution in [-0.4, -0.2) is 59.6 Å². The first-order chi connectivity index (χ1) is 7.54. The quantitative estimate of drug-likeness (QED) is 0.747. The average Bonchev–Trinajstić information content (AvgIpc) is 2.61. The lowest BCUT2D eigenvalue weighted by molar-refractivity contribution is -0.131. The van der Waals surface area contributed by atoms with Crippen LogP contribution in [0.4, 0.5) is 0 Å². The fraction of sp³-hybridized carbons (Fsp3) is 0.917. The molecule has 94 valence electrons. The third-order valence-corrected chi connectivity index (χ3v) is 3.27. The van der Waals surface area contributed by atoms with Crippen molar-refractivity contribution in [3.8, 4) is 0 Å². The molecule has 0 unspecified atom stereocenters. The Labute approximate surface area is 98.2 Å². The topological polar surface area (TPSA) is 43.8 Å². The number of hydrogen-bond donors (Lipinski definition) is 1. The van der Waals surface area contributed by atoms with E-state index in [1.54, 1.807) is 6.92 Å². The van der Waals surface area contributed by atoms with Gasteiger partial charge in [0.05, 0.1) is 6.61 Å². The van der Waals surface area contributed by atoms with Crippen molar-refractivity contribution in [1.29, 1.82) is 0 Å². The van der Waals surface area contributed by atoms with Crippen molar-refractivity contribution in [3.05, 3.63) is 0 Å². The monoisotopic (exact) mass is 228 g/mol. The molecule has 0 spiro atoms. The molecule has 16 heavy (non-hydrogen) atoms. The number of nitrogens with zero attached hydrogens (tertiary/aromatic N) is 2. The minimum Gasteiger partial charge on any atom is -0.395 e. The standard InChI is InChI=1S/C12H24N2O2/c1-10(2)14(11(3)16)9-12-4-5-13(8-12)6-7-15/h10,12,15H,4-9H2,1-3H3/t12-/m1/s1. The minimum absolute atomic E-state index is 0.163. The Morgan fingerprint density at radius 2 is 2.25 bits per heavy atom. The lowest BCUT2D eigenvalue weighted by atomic mass is 10.1. The van der Waals surface area contributed by atoms with E-state index in [-0.39, 0.29) is 18.6 Å². The summed E-state index contributed by atoms with van der Waals surface area (Å²) in [5, 5.41) is 8.87. The van der Waals surface area contributed by atoms with Crippen molar-refractivity contribution in [3.63, 3.8) is 0 Å². The summed E-state index contributed by atoms with van der Waals surface area (Å²) < 4.78 is 0. The van der Waals surface area contributed by atoms with Gasteiger partial charge < -0.3 is 14.9 Å². The summed E-state index contributed by atoms with van der Waals surface area (Å²) in [7, 11) is 0. The van der Waals surface area contributed by atoms with Crippen LogP contribution in [0.2, 0.25) is 0 Å². The summed E-state index contributed by atoms with van der Waals surface area (Å²) in [6, 6.07) is 0.282. The number of amides is 1. The Kier molecular flexibility index (Phi) is 5.22. The van der Waals surface area contributed by atoms with Gasteiger partial charge in [0, 0.05) is 32.6 Å². The molecule has 0 aliphatic carbocycles. The highest BCUT2D eigenvalue weighted by atomic mass is 16.3. The molecule has 4 heteroatoms. The first-order valence-electron chi connectivity index (χ1n) is 6.15. The van der Waals surface area contributed by atoms with Gasteiger partial charge in [-0.15, -0.1) is 0 Å². The van der Waals surface area contributed by atoms with E-state index in [0.29, 0.717) is 5.92 Å². The van der Waals surface area contributed by atoms with Gasteiger partial charge in [0.25, 0.3) is 0 Å². The van der Waals surface area contributed by atoms with E-state index < -0.39 is 0 Å². The van der Waals surface area contributed by atoms with Gasteiger partial charge in [0.2, 0.25) is 5.91 Å². The third-order valence-electron chi connectivity index (χ3n) is 3.27. The van der Waals surface area contributed by atoms with Crippen LogP contribution < -0.4 is 0 Å². The second kappa shape index (κ2) is 6.21. The van der Waals surface area contributed by atoms with E-state index in [1.165, 1.54) is 0 Å². The van der Waals surface area contributed by atoms with Crippen LogP contribution in [-0.2, 0) is 4.79 Å². The summed E-state index contributed by atoms with van der Waals surface area (Å²) in [5.74, 6) is 0.730. The van der Waals surface area contributed by atoms with Gasteiger partial charge in [-0.2, -0.15) is 0 Å². The van der Waals surface area contributed by atoms with Crippen molar-refractivity contribution in [2.45, 2.75) is 33.2 Å². The van der Waals surface area contributed by atoms with E-state index in [2.05, 4.69) is 18.7 Å². The maximum atomic E-state index is 11.5. The van der Waals surface area contributed by atoms with Crippen LogP contribution >= 0.6 is 0 Å². The first-order valence-corrected chi connectivity index (χ1v) is 6.15. The number of carbonyl (C=O) groups excluding carboxylic acids is 1. The van der Waals surface area contributed by atoms with Gasteiger partial charge >= 0.3 is 0 Å². The molecule has 1 atom stereocenters. The van der Waals surface area contributed by atoms with E-state index in [4.69, 9.17) is 5.11 Å². The van der Waals surface area contributed by atoms with Gasteiger partial charge in [-0.3, -0.25) is 4.79 Å². The predicted molar refractivity (Wildman–Crippen MR) is 64.2 cm³/mol. The maximum absolute atomic E-state index is 11.5. The second-order valence-corrected chi connectivity index (χ2v) is 4.94. The van der Waals surface area contributed by atoms with E-state index >= 15 is 0 Å². The van der Waals surface area contributed by atoms with Crippen LogP contribution in [0.15, 0.2) is 0 Å². The number of β-amino-alcohol motifs (C(OH)–C–C–N with tert-alkyl or cyclic N) is 1. The van der Waals surface area contributed by atoms with E-state index in [0.717, 1.165) is 32.6 Å². The number of hydrogen-bond acceptors (Lipinski definition) is 3. The van der Waals surface area contributed by atoms with Crippen LogP contribution in [0.25, 0.3) is 0 Å². The number of aliphatic hydroxyl groups is 1. The molecule has 1 saturated heterocycles. The lowest BCUT2D eigenvalue weighted by Gasteiger charge is -2.28. The van der Waals surface area contributed by atoms with Gasteiger partial charge in [0.15, 0.2) is 0 Å². The Hall–Kier alpha value is -0.610. The van der Waals surface area contributed by atoms with E-state index in [9.17, 15) is 4.79 Å². The molecular weight excluding hydrogens is 204 g/mol. The van der Waals surface area contributed by atoms with Crippen LogP contribution in [0, 0.1) is 5.92 Å². The molecule has 1 aliphatic heterocycles. The van der Waals surface area contributed by atoms with Crippen molar-refractivity contribution >= 4 is 5.91 Å². The number of rotatable bonds is 5. The summed E-state index contributed by atoms with van der Waals surface area (Å²) in [4.78, 5) is 15.7. The molecule has 1 rings (SSSR count). The number of carbonyl (C=O) groups is 1. The molecule has 1 fully saturated rings. The van der Waals surface area contributed by atoms with Gasteiger partial charge in [-0.1, -0.05) is 0 Å².